The molecule has 0 fully saturated rings. The maximum absolute atomic E-state index is 13.5. The van der Waals surface area contributed by atoms with Crippen LogP contribution in [0.1, 0.15) is 22.3 Å². The summed E-state index contributed by atoms with van der Waals surface area (Å²) in [6.45, 7) is 0.916. The van der Waals surface area contributed by atoms with Crippen LogP contribution in [0.2, 0.25) is 0 Å². The van der Waals surface area contributed by atoms with Gasteiger partial charge in [0, 0.05) is 6.54 Å². The van der Waals surface area contributed by atoms with Gasteiger partial charge in [0.15, 0.2) is 0 Å². The Morgan fingerprint density at radius 2 is 1.69 bits per heavy atom. The molecule has 6 nitrogen and oxygen atoms in total. The lowest BCUT2D eigenvalue weighted by atomic mass is 9.96. The molecule has 1 aliphatic rings. The van der Waals surface area contributed by atoms with Crippen molar-refractivity contribution in [1.29, 1.82) is 5.26 Å². The molecule has 1 heterocycles. The van der Waals surface area contributed by atoms with E-state index < -0.39 is 10.0 Å². The number of methoxy groups -OCH3 is 1. The van der Waals surface area contributed by atoms with E-state index in [1.165, 1.54) is 4.31 Å². The molecule has 0 bridgehead atoms. The van der Waals surface area contributed by atoms with Crippen LogP contribution in [0.4, 0.5) is 0 Å². The van der Waals surface area contributed by atoms with E-state index in [-0.39, 0.29) is 17.5 Å². The Labute approximate surface area is 188 Å². The van der Waals surface area contributed by atoms with Crippen LogP contribution in [-0.4, -0.2) is 32.5 Å². The molecule has 1 atom stereocenters. The van der Waals surface area contributed by atoms with Crippen molar-refractivity contribution in [2.45, 2.75) is 30.5 Å². The molecule has 3 aromatic carbocycles. The third-order valence-electron chi connectivity index (χ3n) is 5.64. The molecule has 0 aliphatic carbocycles. The molecular formula is C25H24N2O4S. The monoisotopic (exact) mass is 448 g/mol. The molecule has 0 saturated heterocycles. The molecule has 0 spiro atoms. The van der Waals surface area contributed by atoms with Gasteiger partial charge in [-0.3, -0.25) is 0 Å². The summed E-state index contributed by atoms with van der Waals surface area (Å²) >= 11 is 0. The van der Waals surface area contributed by atoms with E-state index in [2.05, 4.69) is 6.07 Å². The molecule has 32 heavy (non-hydrogen) atoms. The summed E-state index contributed by atoms with van der Waals surface area (Å²) in [7, 11) is -2.17. The minimum Gasteiger partial charge on any atom is -0.497 e. The van der Waals surface area contributed by atoms with Crippen molar-refractivity contribution in [2.75, 3.05) is 13.7 Å². The minimum absolute atomic E-state index is 0.231. The fraction of sp³-hybridized carbons (Fsp3) is 0.240. The first kappa shape index (κ1) is 22.0. The second-order valence-corrected chi connectivity index (χ2v) is 9.57. The van der Waals surface area contributed by atoms with Crippen LogP contribution in [0.15, 0.2) is 77.7 Å². The standard InChI is InChI=1S/C25H24N2O4S/c1-30-24-10-12-25(13-11-24)32(28,29)27-16-22-5-3-2-4-21(22)14-23(27)18-31-17-20-8-6-19(15-26)7-9-20/h2-13,23H,14,16-18H2,1H3. The van der Waals surface area contributed by atoms with Crippen LogP contribution in [0.3, 0.4) is 0 Å². The fourth-order valence-electron chi connectivity index (χ4n) is 3.86. The number of nitriles is 1. The molecule has 164 valence electrons. The molecule has 1 unspecified atom stereocenters. The Kier molecular flexibility index (Phi) is 6.56. The summed E-state index contributed by atoms with van der Waals surface area (Å²) in [4.78, 5) is 0.231. The number of rotatable bonds is 7. The first-order chi connectivity index (χ1) is 15.5. The van der Waals surface area contributed by atoms with Gasteiger partial charge >= 0.3 is 0 Å². The lowest BCUT2D eigenvalue weighted by Crippen LogP contribution is -2.46. The minimum atomic E-state index is -3.72. The van der Waals surface area contributed by atoms with Crippen molar-refractivity contribution >= 4 is 10.0 Å². The molecule has 3 aromatic rings. The average Bonchev–Trinajstić information content (AvgIpc) is 2.84. The molecule has 0 N–H and O–H groups in total. The zero-order valence-corrected chi connectivity index (χ0v) is 18.6. The summed E-state index contributed by atoms with van der Waals surface area (Å²) in [6.07, 6.45) is 0.582. The normalized spacial score (nSPS) is 16.2. The van der Waals surface area contributed by atoms with Crippen molar-refractivity contribution in [1.82, 2.24) is 4.31 Å². The highest BCUT2D eigenvalue weighted by Crippen LogP contribution is 2.30. The third-order valence-corrected chi connectivity index (χ3v) is 7.55. The van der Waals surface area contributed by atoms with Crippen molar-refractivity contribution in [2.24, 2.45) is 0 Å². The van der Waals surface area contributed by atoms with Crippen molar-refractivity contribution in [3.05, 3.63) is 95.1 Å². The van der Waals surface area contributed by atoms with Crippen molar-refractivity contribution in [3.63, 3.8) is 0 Å². The first-order valence-corrected chi connectivity index (χ1v) is 11.7. The summed E-state index contributed by atoms with van der Waals surface area (Å²) in [6, 6.07) is 23.3. The van der Waals surface area contributed by atoms with Crippen LogP contribution < -0.4 is 4.74 Å². The number of fused-ring (bicyclic) bond motifs is 1. The highest BCUT2D eigenvalue weighted by atomic mass is 32.2. The Morgan fingerprint density at radius 1 is 1.00 bits per heavy atom. The zero-order chi connectivity index (χ0) is 22.6. The Hall–Kier alpha value is -3.18. The van der Waals surface area contributed by atoms with Gasteiger partial charge < -0.3 is 9.47 Å². The largest absolute Gasteiger partial charge is 0.497 e. The van der Waals surface area contributed by atoms with Gasteiger partial charge in [-0.15, -0.1) is 0 Å². The highest BCUT2D eigenvalue weighted by Gasteiger charge is 2.35. The van der Waals surface area contributed by atoms with Gasteiger partial charge in [0.25, 0.3) is 0 Å². The topological polar surface area (TPSA) is 79.6 Å². The second-order valence-electron chi connectivity index (χ2n) is 7.68. The van der Waals surface area contributed by atoms with Crippen molar-refractivity contribution in [3.8, 4) is 11.8 Å². The Balaban J connectivity index is 1.55. The number of hydrogen-bond donors (Lipinski definition) is 0. The summed E-state index contributed by atoms with van der Waals surface area (Å²) in [5.74, 6) is 0.607. The lowest BCUT2D eigenvalue weighted by molar-refractivity contribution is 0.0720. The average molecular weight is 449 g/mol. The summed E-state index contributed by atoms with van der Waals surface area (Å²) in [5.41, 5.74) is 3.67. The number of ether oxygens (including phenoxy) is 2. The smallest absolute Gasteiger partial charge is 0.243 e. The molecule has 0 saturated carbocycles. The molecule has 0 aromatic heterocycles. The van der Waals surface area contributed by atoms with E-state index in [1.54, 1.807) is 43.5 Å². The second kappa shape index (κ2) is 9.53. The van der Waals surface area contributed by atoms with Gasteiger partial charge in [-0.25, -0.2) is 8.42 Å². The lowest BCUT2D eigenvalue weighted by Gasteiger charge is -2.35. The maximum atomic E-state index is 13.5. The van der Waals surface area contributed by atoms with Crippen molar-refractivity contribution < 1.29 is 17.9 Å². The zero-order valence-electron chi connectivity index (χ0n) is 17.8. The third kappa shape index (κ3) is 4.68. The van der Waals surface area contributed by atoms with E-state index >= 15 is 0 Å². The first-order valence-electron chi connectivity index (χ1n) is 10.3. The molecular weight excluding hydrogens is 424 g/mol. The quantitative estimate of drug-likeness (QED) is 0.548. The van der Waals surface area contributed by atoms with Crippen LogP contribution >= 0.6 is 0 Å². The SMILES string of the molecule is COc1ccc(S(=O)(=O)N2Cc3ccccc3CC2COCc2ccc(C#N)cc2)cc1. The van der Waals surface area contributed by atoms with E-state index in [9.17, 15) is 8.42 Å². The predicted octanol–water partition coefficient (Wildman–Crippen LogP) is 3.90. The van der Waals surface area contributed by atoms with E-state index in [0.29, 0.717) is 30.9 Å². The van der Waals surface area contributed by atoms with Gasteiger partial charge in [0.1, 0.15) is 5.75 Å². The summed E-state index contributed by atoms with van der Waals surface area (Å²) < 4.78 is 39.7. The molecule has 0 amide bonds. The van der Waals surface area contributed by atoms with Crippen LogP contribution in [0, 0.1) is 11.3 Å². The number of benzene rings is 3. The number of nitrogens with zero attached hydrogens (tertiary/aromatic N) is 2. The number of sulfonamides is 1. The van der Waals surface area contributed by atoms with E-state index in [4.69, 9.17) is 14.7 Å². The fourth-order valence-corrected chi connectivity index (χ4v) is 5.45. The van der Waals surface area contributed by atoms with Crippen LogP contribution in [0.5, 0.6) is 5.75 Å². The Morgan fingerprint density at radius 3 is 2.34 bits per heavy atom. The van der Waals surface area contributed by atoms with Crippen LogP contribution in [-0.2, 0) is 34.3 Å². The molecule has 7 heteroatoms. The van der Waals surface area contributed by atoms with E-state index in [1.807, 2.05) is 36.4 Å². The predicted molar refractivity (Wildman–Crippen MR) is 120 cm³/mol. The molecule has 4 rings (SSSR count). The van der Waals surface area contributed by atoms with Crippen LogP contribution in [0.25, 0.3) is 0 Å². The number of hydrogen-bond acceptors (Lipinski definition) is 5. The maximum Gasteiger partial charge on any atom is 0.243 e. The molecule has 0 radical (unpaired) electrons. The Bertz CT molecular complexity index is 1220. The highest BCUT2D eigenvalue weighted by molar-refractivity contribution is 7.89. The van der Waals surface area contributed by atoms with Gasteiger partial charge in [0.05, 0.1) is 42.9 Å². The van der Waals surface area contributed by atoms with E-state index in [0.717, 1.165) is 16.7 Å². The molecule has 1 aliphatic heterocycles. The van der Waals surface area contributed by atoms with Gasteiger partial charge in [-0.2, -0.15) is 9.57 Å². The summed E-state index contributed by atoms with van der Waals surface area (Å²) in [5, 5.41) is 8.93. The van der Waals surface area contributed by atoms with Gasteiger partial charge in [-0.1, -0.05) is 36.4 Å². The van der Waals surface area contributed by atoms with Gasteiger partial charge in [0.2, 0.25) is 10.0 Å². The van der Waals surface area contributed by atoms with Gasteiger partial charge in [-0.05, 0) is 59.5 Å².